The lowest BCUT2D eigenvalue weighted by atomic mass is 10.0. The number of benzene rings is 3. The predicted octanol–water partition coefficient (Wildman–Crippen LogP) is 4.99. The molecule has 5 nitrogen and oxygen atoms in total. The van der Waals surface area contributed by atoms with Crippen molar-refractivity contribution in [2.24, 2.45) is 0 Å². The molecule has 0 radical (unpaired) electrons. The number of ether oxygens (including phenoxy) is 3. The molecule has 0 aromatic heterocycles. The van der Waals surface area contributed by atoms with Crippen LogP contribution in [-0.2, 0) is 0 Å². The molecule has 0 spiro atoms. The molecule has 0 amide bonds. The van der Waals surface area contributed by atoms with Crippen LogP contribution in [0.1, 0.15) is 21.5 Å². The van der Waals surface area contributed by atoms with Crippen molar-refractivity contribution in [2.45, 2.75) is 0 Å². The second-order valence-electron chi connectivity index (χ2n) is 6.06. The Balaban J connectivity index is 1.79. The standard InChI is InChI=1S/C24H19NO4/c1-27-22-13-10-19(15-23(22)28-2)20(16-25)14-17-8-11-21(12-9-17)29-24(26)18-6-4-3-5-7-18/h3-15H,1-2H3/b20-14-. The van der Waals surface area contributed by atoms with E-state index in [1.807, 2.05) is 6.07 Å². The Hall–Kier alpha value is -4.04. The molecule has 0 atom stereocenters. The summed E-state index contributed by atoms with van der Waals surface area (Å²) in [6.07, 6.45) is 1.75. The van der Waals surface area contributed by atoms with E-state index in [9.17, 15) is 10.1 Å². The molecule has 0 N–H and O–H groups in total. The van der Waals surface area contributed by atoms with Crippen LogP contribution in [0.4, 0.5) is 0 Å². The van der Waals surface area contributed by atoms with Gasteiger partial charge in [-0.05, 0) is 59.7 Å². The molecule has 144 valence electrons. The Morgan fingerprint density at radius 1 is 0.862 bits per heavy atom. The summed E-state index contributed by atoms with van der Waals surface area (Å²) in [7, 11) is 3.11. The van der Waals surface area contributed by atoms with E-state index in [4.69, 9.17) is 14.2 Å². The second-order valence-corrected chi connectivity index (χ2v) is 6.06. The number of rotatable bonds is 6. The molecule has 0 aliphatic rings. The van der Waals surface area contributed by atoms with Gasteiger partial charge in [-0.15, -0.1) is 0 Å². The molecule has 3 aromatic rings. The first-order valence-electron chi connectivity index (χ1n) is 8.86. The van der Waals surface area contributed by atoms with E-state index in [-0.39, 0.29) is 0 Å². The fourth-order valence-electron chi connectivity index (χ4n) is 2.72. The number of hydrogen-bond acceptors (Lipinski definition) is 5. The summed E-state index contributed by atoms with van der Waals surface area (Å²) in [6.45, 7) is 0. The van der Waals surface area contributed by atoms with Gasteiger partial charge in [-0.3, -0.25) is 0 Å². The van der Waals surface area contributed by atoms with Gasteiger partial charge in [0.25, 0.3) is 0 Å². The maximum absolute atomic E-state index is 12.1. The lowest BCUT2D eigenvalue weighted by molar-refractivity contribution is 0.0735. The van der Waals surface area contributed by atoms with Crippen molar-refractivity contribution in [3.63, 3.8) is 0 Å². The van der Waals surface area contributed by atoms with Gasteiger partial charge in [-0.25, -0.2) is 4.79 Å². The maximum atomic E-state index is 12.1. The summed E-state index contributed by atoms with van der Waals surface area (Å²) in [5.41, 5.74) is 2.47. The maximum Gasteiger partial charge on any atom is 0.343 e. The molecule has 0 aliphatic carbocycles. The zero-order valence-corrected chi connectivity index (χ0v) is 16.1. The van der Waals surface area contributed by atoms with E-state index < -0.39 is 5.97 Å². The molecule has 29 heavy (non-hydrogen) atoms. The van der Waals surface area contributed by atoms with Crippen LogP contribution in [0.3, 0.4) is 0 Å². The zero-order chi connectivity index (χ0) is 20.6. The summed E-state index contributed by atoms with van der Waals surface area (Å²) in [5, 5.41) is 9.57. The van der Waals surface area contributed by atoms with Crippen LogP contribution in [0.2, 0.25) is 0 Å². The van der Waals surface area contributed by atoms with Crippen molar-refractivity contribution < 1.29 is 19.0 Å². The molecule has 5 heteroatoms. The number of nitriles is 1. The Labute approximate surface area is 169 Å². The number of hydrogen-bond donors (Lipinski definition) is 0. The topological polar surface area (TPSA) is 68.5 Å². The minimum absolute atomic E-state index is 0.420. The van der Waals surface area contributed by atoms with Crippen LogP contribution < -0.4 is 14.2 Å². The van der Waals surface area contributed by atoms with Gasteiger partial charge >= 0.3 is 5.97 Å². The highest BCUT2D eigenvalue weighted by Gasteiger charge is 2.09. The fraction of sp³-hybridized carbons (Fsp3) is 0.0833. The normalized spacial score (nSPS) is 10.7. The van der Waals surface area contributed by atoms with Gasteiger partial charge in [0.2, 0.25) is 0 Å². The first-order chi connectivity index (χ1) is 14.1. The summed E-state index contributed by atoms with van der Waals surface area (Å²) < 4.78 is 15.9. The molecule has 3 aromatic carbocycles. The molecule has 0 fully saturated rings. The third kappa shape index (κ3) is 4.82. The van der Waals surface area contributed by atoms with Crippen molar-refractivity contribution in [3.05, 3.63) is 89.5 Å². The Morgan fingerprint density at radius 2 is 1.55 bits per heavy atom. The fourth-order valence-corrected chi connectivity index (χ4v) is 2.72. The average molecular weight is 385 g/mol. The highest BCUT2D eigenvalue weighted by atomic mass is 16.5. The number of esters is 1. The van der Waals surface area contributed by atoms with E-state index in [1.165, 1.54) is 0 Å². The van der Waals surface area contributed by atoms with E-state index in [0.717, 1.165) is 5.56 Å². The Morgan fingerprint density at radius 3 is 2.17 bits per heavy atom. The molecular weight excluding hydrogens is 366 g/mol. The quantitative estimate of drug-likeness (QED) is 0.259. The monoisotopic (exact) mass is 385 g/mol. The van der Waals surface area contributed by atoms with Gasteiger partial charge in [-0.2, -0.15) is 5.26 Å². The number of allylic oxidation sites excluding steroid dienone is 1. The summed E-state index contributed by atoms with van der Waals surface area (Å²) in [4.78, 5) is 12.1. The lowest BCUT2D eigenvalue weighted by Crippen LogP contribution is -2.07. The smallest absolute Gasteiger partial charge is 0.343 e. The van der Waals surface area contributed by atoms with Crippen LogP contribution in [-0.4, -0.2) is 20.2 Å². The lowest BCUT2D eigenvalue weighted by Gasteiger charge is -2.09. The highest BCUT2D eigenvalue weighted by molar-refractivity contribution is 5.91. The van der Waals surface area contributed by atoms with Crippen molar-refractivity contribution in [3.8, 4) is 23.3 Å². The van der Waals surface area contributed by atoms with Crippen LogP contribution in [0.15, 0.2) is 72.8 Å². The van der Waals surface area contributed by atoms with Gasteiger partial charge in [0, 0.05) is 0 Å². The Bertz CT molecular complexity index is 1060. The van der Waals surface area contributed by atoms with E-state index >= 15 is 0 Å². The van der Waals surface area contributed by atoms with Crippen molar-refractivity contribution in [2.75, 3.05) is 14.2 Å². The largest absolute Gasteiger partial charge is 0.493 e. The van der Waals surface area contributed by atoms with E-state index in [0.29, 0.717) is 33.9 Å². The molecule has 0 heterocycles. The SMILES string of the molecule is COc1ccc(/C(C#N)=C\c2ccc(OC(=O)c3ccccc3)cc2)cc1OC. The Kier molecular flexibility index (Phi) is 6.29. The first-order valence-corrected chi connectivity index (χ1v) is 8.86. The van der Waals surface area contributed by atoms with Crippen LogP contribution >= 0.6 is 0 Å². The van der Waals surface area contributed by atoms with Gasteiger partial charge in [0.1, 0.15) is 5.75 Å². The molecule has 0 unspecified atom stereocenters. The summed E-state index contributed by atoms with van der Waals surface area (Å²) >= 11 is 0. The molecular formula is C24H19NO4. The van der Waals surface area contributed by atoms with Crippen LogP contribution in [0, 0.1) is 11.3 Å². The average Bonchev–Trinajstić information content (AvgIpc) is 2.78. The van der Waals surface area contributed by atoms with Crippen LogP contribution in [0.25, 0.3) is 11.6 Å². The van der Waals surface area contributed by atoms with Crippen molar-refractivity contribution >= 4 is 17.6 Å². The van der Waals surface area contributed by atoms with Gasteiger partial charge in [0.05, 0.1) is 31.4 Å². The zero-order valence-electron chi connectivity index (χ0n) is 16.1. The van der Waals surface area contributed by atoms with Crippen molar-refractivity contribution in [1.29, 1.82) is 5.26 Å². The summed E-state index contributed by atoms with van der Waals surface area (Å²) in [6, 6.07) is 23.2. The predicted molar refractivity (Wildman–Crippen MR) is 111 cm³/mol. The number of methoxy groups -OCH3 is 2. The number of carbonyl (C=O) groups excluding carboxylic acids is 1. The molecule has 3 rings (SSSR count). The molecule has 0 aliphatic heterocycles. The van der Waals surface area contributed by atoms with Gasteiger partial charge in [-0.1, -0.05) is 30.3 Å². The third-order valence-corrected chi connectivity index (χ3v) is 4.23. The highest BCUT2D eigenvalue weighted by Crippen LogP contribution is 2.31. The van der Waals surface area contributed by atoms with Crippen LogP contribution in [0.5, 0.6) is 17.2 Å². The van der Waals surface area contributed by atoms with E-state index in [2.05, 4.69) is 6.07 Å². The van der Waals surface area contributed by atoms with Crippen molar-refractivity contribution in [1.82, 2.24) is 0 Å². The molecule has 0 saturated heterocycles. The summed E-state index contributed by atoms with van der Waals surface area (Å²) in [5.74, 6) is 1.16. The van der Waals surface area contributed by atoms with Gasteiger partial charge < -0.3 is 14.2 Å². The minimum Gasteiger partial charge on any atom is -0.493 e. The second kappa shape index (κ2) is 9.25. The van der Waals surface area contributed by atoms with Gasteiger partial charge in [0.15, 0.2) is 11.5 Å². The minimum atomic E-state index is -0.420. The third-order valence-electron chi connectivity index (χ3n) is 4.23. The first kappa shape index (κ1) is 19.7. The number of nitrogens with zero attached hydrogens (tertiary/aromatic N) is 1. The molecule has 0 bridgehead atoms. The molecule has 0 saturated carbocycles. The number of carbonyl (C=O) groups is 1. The van der Waals surface area contributed by atoms with E-state index in [1.54, 1.807) is 87.0 Å².